The summed E-state index contributed by atoms with van der Waals surface area (Å²) in [5.41, 5.74) is 1.03. The van der Waals surface area contributed by atoms with Gasteiger partial charge in [-0.2, -0.15) is 0 Å². The van der Waals surface area contributed by atoms with E-state index in [1.54, 1.807) is 19.1 Å². The molecule has 0 aliphatic heterocycles. The molecule has 70 valence electrons. The van der Waals surface area contributed by atoms with E-state index in [4.69, 9.17) is 10.2 Å². The van der Waals surface area contributed by atoms with Crippen molar-refractivity contribution in [1.82, 2.24) is 0 Å². The third-order valence-electron chi connectivity index (χ3n) is 1.68. The number of benzene rings is 1. The van der Waals surface area contributed by atoms with Crippen molar-refractivity contribution in [3.05, 3.63) is 35.9 Å². The molecular weight excluding hydrogens is 164 g/mol. The van der Waals surface area contributed by atoms with Crippen molar-refractivity contribution in [2.75, 3.05) is 0 Å². The molecule has 0 radical (unpaired) electrons. The minimum Gasteiger partial charge on any atom is -0.508 e. The lowest BCUT2D eigenvalue weighted by atomic mass is 10.2. The van der Waals surface area contributed by atoms with E-state index in [1.807, 2.05) is 24.3 Å². The Bertz CT molecular complexity index is 273. The van der Waals surface area contributed by atoms with E-state index >= 15 is 0 Å². The van der Waals surface area contributed by atoms with Crippen LogP contribution in [0.25, 0.3) is 6.08 Å². The highest BCUT2D eigenvalue weighted by atomic mass is 16.3. The summed E-state index contributed by atoms with van der Waals surface area (Å²) >= 11 is 0. The Morgan fingerprint density at radius 3 is 2.46 bits per heavy atom. The molecule has 2 nitrogen and oxygen atoms in total. The lowest BCUT2D eigenvalue weighted by molar-refractivity contribution is 0.199. The molecule has 0 saturated heterocycles. The summed E-state index contributed by atoms with van der Waals surface area (Å²) in [4.78, 5) is 0. The van der Waals surface area contributed by atoms with Gasteiger partial charge in [0.1, 0.15) is 5.75 Å². The van der Waals surface area contributed by atoms with E-state index in [0.717, 1.165) is 5.56 Å². The highest BCUT2D eigenvalue weighted by Crippen LogP contribution is 2.11. The number of hydrogen-bond acceptors (Lipinski definition) is 2. The zero-order chi connectivity index (χ0) is 9.68. The van der Waals surface area contributed by atoms with Gasteiger partial charge in [0.05, 0.1) is 6.10 Å². The first-order valence-electron chi connectivity index (χ1n) is 4.32. The molecule has 1 aromatic rings. The lowest BCUT2D eigenvalue weighted by Crippen LogP contribution is -1.94. The van der Waals surface area contributed by atoms with E-state index in [-0.39, 0.29) is 11.9 Å². The summed E-state index contributed by atoms with van der Waals surface area (Å²) in [6, 6.07) is 6.94. The summed E-state index contributed by atoms with van der Waals surface area (Å²) in [6.07, 6.45) is 4.19. The first kappa shape index (κ1) is 9.81. The monoisotopic (exact) mass is 178 g/mol. The summed E-state index contributed by atoms with van der Waals surface area (Å²) in [7, 11) is 0. The fourth-order valence-electron chi connectivity index (χ4n) is 0.986. The largest absolute Gasteiger partial charge is 0.508 e. The summed E-state index contributed by atoms with van der Waals surface area (Å²) < 4.78 is 0. The number of aromatic hydroxyl groups is 1. The second kappa shape index (κ2) is 4.67. The quantitative estimate of drug-likeness (QED) is 0.744. The van der Waals surface area contributed by atoms with Crippen molar-refractivity contribution in [2.24, 2.45) is 0 Å². The number of rotatable bonds is 3. The van der Waals surface area contributed by atoms with Crippen molar-refractivity contribution < 1.29 is 10.2 Å². The van der Waals surface area contributed by atoms with Crippen LogP contribution in [-0.2, 0) is 0 Å². The van der Waals surface area contributed by atoms with Crippen molar-refractivity contribution in [1.29, 1.82) is 0 Å². The molecule has 0 fully saturated rings. The molecule has 0 spiro atoms. The van der Waals surface area contributed by atoms with Crippen LogP contribution in [-0.4, -0.2) is 16.3 Å². The Labute approximate surface area is 78.2 Å². The van der Waals surface area contributed by atoms with Crippen molar-refractivity contribution in [3.63, 3.8) is 0 Å². The molecule has 1 unspecified atom stereocenters. The van der Waals surface area contributed by atoms with Crippen LogP contribution in [0.4, 0.5) is 0 Å². The normalized spacial score (nSPS) is 13.4. The average molecular weight is 178 g/mol. The molecule has 0 aromatic heterocycles. The maximum absolute atomic E-state index is 9.01. The van der Waals surface area contributed by atoms with E-state index in [0.29, 0.717) is 6.42 Å². The van der Waals surface area contributed by atoms with E-state index in [1.165, 1.54) is 0 Å². The zero-order valence-corrected chi connectivity index (χ0v) is 7.64. The number of phenols is 1. The van der Waals surface area contributed by atoms with E-state index in [9.17, 15) is 0 Å². The van der Waals surface area contributed by atoms with Crippen LogP contribution >= 0.6 is 0 Å². The molecule has 13 heavy (non-hydrogen) atoms. The highest BCUT2D eigenvalue weighted by molar-refractivity contribution is 5.50. The van der Waals surface area contributed by atoms with Gasteiger partial charge in [-0.15, -0.1) is 0 Å². The van der Waals surface area contributed by atoms with Gasteiger partial charge in [-0.25, -0.2) is 0 Å². The number of aliphatic hydroxyl groups excluding tert-OH is 1. The molecule has 0 amide bonds. The van der Waals surface area contributed by atoms with Gasteiger partial charge in [-0.05, 0) is 31.0 Å². The van der Waals surface area contributed by atoms with Gasteiger partial charge in [0, 0.05) is 0 Å². The van der Waals surface area contributed by atoms with Crippen LogP contribution in [0, 0.1) is 0 Å². The Hall–Kier alpha value is -1.28. The van der Waals surface area contributed by atoms with Gasteiger partial charge in [-0.1, -0.05) is 24.3 Å². The van der Waals surface area contributed by atoms with E-state index in [2.05, 4.69) is 0 Å². The maximum Gasteiger partial charge on any atom is 0.115 e. The molecule has 0 heterocycles. The Morgan fingerprint density at radius 1 is 1.31 bits per heavy atom. The van der Waals surface area contributed by atoms with Crippen molar-refractivity contribution in [2.45, 2.75) is 19.4 Å². The molecule has 0 saturated carbocycles. The third-order valence-corrected chi connectivity index (χ3v) is 1.68. The molecule has 0 bridgehead atoms. The molecule has 2 heteroatoms. The number of phenolic OH excluding ortho intramolecular Hbond substituents is 1. The molecule has 0 aliphatic rings. The Kier molecular flexibility index (Phi) is 3.53. The molecule has 0 aliphatic carbocycles. The molecular formula is C11H14O2. The smallest absolute Gasteiger partial charge is 0.115 e. The van der Waals surface area contributed by atoms with Crippen molar-refractivity contribution in [3.8, 4) is 5.75 Å². The second-order valence-corrected chi connectivity index (χ2v) is 3.08. The fourth-order valence-corrected chi connectivity index (χ4v) is 0.986. The first-order valence-corrected chi connectivity index (χ1v) is 4.32. The molecule has 1 atom stereocenters. The number of hydrogen-bond donors (Lipinski definition) is 2. The zero-order valence-electron chi connectivity index (χ0n) is 7.64. The fraction of sp³-hybridized carbons (Fsp3) is 0.273. The minimum atomic E-state index is -0.298. The van der Waals surface area contributed by atoms with Crippen molar-refractivity contribution >= 4 is 6.08 Å². The van der Waals surface area contributed by atoms with Crippen LogP contribution in [0.15, 0.2) is 30.3 Å². The summed E-state index contributed by atoms with van der Waals surface area (Å²) in [5.74, 6) is 0.271. The van der Waals surface area contributed by atoms with Crippen LogP contribution in [0.2, 0.25) is 0 Å². The lowest BCUT2D eigenvalue weighted by Gasteiger charge is -1.97. The van der Waals surface area contributed by atoms with E-state index < -0.39 is 0 Å². The second-order valence-electron chi connectivity index (χ2n) is 3.08. The maximum atomic E-state index is 9.01. The first-order chi connectivity index (χ1) is 6.18. The van der Waals surface area contributed by atoms with Crippen LogP contribution in [0.5, 0.6) is 5.75 Å². The molecule has 1 rings (SSSR count). The van der Waals surface area contributed by atoms with Gasteiger partial charge in [-0.3, -0.25) is 0 Å². The molecule has 1 aromatic carbocycles. The summed E-state index contributed by atoms with van der Waals surface area (Å²) in [6.45, 7) is 1.75. The van der Waals surface area contributed by atoms with Gasteiger partial charge >= 0.3 is 0 Å². The minimum absolute atomic E-state index is 0.271. The van der Waals surface area contributed by atoms with Crippen LogP contribution in [0.1, 0.15) is 18.9 Å². The van der Waals surface area contributed by atoms with Crippen LogP contribution in [0.3, 0.4) is 0 Å². The predicted molar refractivity (Wildman–Crippen MR) is 53.4 cm³/mol. The topological polar surface area (TPSA) is 40.5 Å². The highest BCUT2D eigenvalue weighted by Gasteiger charge is 1.90. The Balaban J connectivity index is 2.54. The van der Waals surface area contributed by atoms with Gasteiger partial charge < -0.3 is 10.2 Å². The van der Waals surface area contributed by atoms with Gasteiger partial charge in [0.15, 0.2) is 0 Å². The average Bonchev–Trinajstić information content (AvgIpc) is 2.08. The predicted octanol–water partition coefficient (Wildman–Crippen LogP) is 2.18. The number of aliphatic hydroxyl groups is 1. The Morgan fingerprint density at radius 2 is 1.92 bits per heavy atom. The van der Waals surface area contributed by atoms with Gasteiger partial charge in [0.2, 0.25) is 0 Å². The van der Waals surface area contributed by atoms with Crippen LogP contribution < -0.4 is 0 Å². The van der Waals surface area contributed by atoms with Gasteiger partial charge in [0.25, 0.3) is 0 Å². The summed E-state index contributed by atoms with van der Waals surface area (Å²) in [5, 5.41) is 18.0. The third kappa shape index (κ3) is 3.76. The standard InChI is InChI=1S/C11H14O2/c1-9(12)3-2-4-10-5-7-11(13)8-6-10/h2,4-9,12-13H,3H2,1H3. The molecule has 2 N–H and O–H groups in total. The SMILES string of the molecule is CC(O)CC=Cc1ccc(O)cc1.